The maximum Gasteiger partial charge on any atom is 0.123 e. The first-order chi connectivity index (χ1) is 8.63. The van der Waals surface area contributed by atoms with Crippen molar-refractivity contribution in [2.75, 3.05) is 13.1 Å². The highest BCUT2D eigenvalue weighted by atomic mass is 19.1. The van der Waals surface area contributed by atoms with Crippen LogP contribution in [-0.2, 0) is 6.42 Å². The average Bonchev–Trinajstić information content (AvgIpc) is 2.70. The molecule has 3 rings (SSSR count). The zero-order valence-corrected chi connectivity index (χ0v) is 10.9. The Kier molecular flexibility index (Phi) is 3.12. The van der Waals surface area contributed by atoms with Crippen LogP contribution in [0.4, 0.5) is 4.39 Å². The van der Waals surface area contributed by atoms with E-state index in [2.05, 4.69) is 11.8 Å². The van der Waals surface area contributed by atoms with Crippen molar-refractivity contribution in [2.24, 2.45) is 11.7 Å². The van der Waals surface area contributed by atoms with E-state index >= 15 is 0 Å². The Balaban J connectivity index is 1.83. The van der Waals surface area contributed by atoms with Gasteiger partial charge in [0.05, 0.1) is 0 Å². The highest BCUT2D eigenvalue weighted by Gasteiger charge is 2.32. The van der Waals surface area contributed by atoms with Gasteiger partial charge in [-0.2, -0.15) is 0 Å². The first-order valence-corrected chi connectivity index (χ1v) is 6.91. The van der Waals surface area contributed by atoms with E-state index in [-0.39, 0.29) is 5.82 Å². The molecule has 0 spiro atoms. The van der Waals surface area contributed by atoms with E-state index in [1.165, 1.54) is 11.1 Å². The number of piperidine rings is 1. The Hall–Kier alpha value is -0.930. The van der Waals surface area contributed by atoms with E-state index in [9.17, 15) is 4.39 Å². The van der Waals surface area contributed by atoms with E-state index in [0.717, 1.165) is 32.4 Å². The van der Waals surface area contributed by atoms with E-state index in [4.69, 9.17) is 5.73 Å². The summed E-state index contributed by atoms with van der Waals surface area (Å²) in [5.74, 6) is 0.552. The number of hydrogen-bond acceptors (Lipinski definition) is 2. The molecule has 2 aliphatic rings. The molecule has 0 bridgehead atoms. The summed E-state index contributed by atoms with van der Waals surface area (Å²) in [7, 11) is 0. The predicted molar refractivity (Wildman–Crippen MR) is 70.8 cm³/mol. The van der Waals surface area contributed by atoms with Crippen LogP contribution in [0.15, 0.2) is 18.2 Å². The van der Waals surface area contributed by atoms with Gasteiger partial charge < -0.3 is 5.73 Å². The van der Waals surface area contributed by atoms with Crippen molar-refractivity contribution in [1.29, 1.82) is 0 Å². The number of fused-ring (bicyclic) bond motifs is 1. The Morgan fingerprint density at radius 2 is 2.17 bits per heavy atom. The standard InChI is InChI=1S/C15H21FN2/c1-10-6-13(17)9-18(8-10)15-5-2-11-7-12(16)3-4-14(11)15/h3-4,7,10,13,15H,2,5-6,8-9,17H2,1H3. The molecule has 98 valence electrons. The van der Waals surface area contributed by atoms with Crippen LogP contribution in [0.3, 0.4) is 0 Å². The fourth-order valence-corrected chi connectivity index (χ4v) is 3.64. The highest BCUT2D eigenvalue weighted by molar-refractivity contribution is 5.35. The van der Waals surface area contributed by atoms with Crippen molar-refractivity contribution < 1.29 is 4.39 Å². The molecule has 3 heteroatoms. The van der Waals surface area contributed by atoms with Gasteiger partial charge in [0.2, 0.25) is 0 Å². The Bertz CT molecular complexity index is 436. The minimum Gasteiger partial charge on any atom is -0.327 e. The molecule has 0 saturated carbocycles. The van der Waals surface area contributed by atoms with Gasteiger partial charge >= 0.3 is 0 Å². The third kappa shape index (κ3) is 2.17. The maximum absolute atomic E-state index is 13.2. The van der Waals surface area contributed by atoms with Crippen molar-refractivity contribution in [1.82, 2.24) is 4.90 Å². The topological polar surface area (TPSA) is 29.3 Å². The maximum atomic E-state index is 13.2. The summed E-state index contributed by atoms with van der Waals surface area (Å²) in [6.07, 6.45) is 3.23. The summed E-state index contributed by atoms with van der Waals surface area (Å²) in [5.41, 5.74) is 8.63. The van der Waals surface area contributed by atoms with E-state index in [1.807, 2.05) is 6.07 Å². The number of aryl methyl sites for hydroxylation is 1. The molecule has 1 aromatic rings. The summed E-state index contributed by atoms with van der Waals surface area (Å²) in [6.45, 7) is 4.37. The van der Waals surface area contributed by atoms with Crippen LogP contribution in [0.5, 0.6) is 0 Å². The first-order valence-electron chi connectivity index (χ1n) is 6.91. The van der Waals surface area contributed by atoms with Gasteiger partial charge in [0.25, 0.3) is 0 Å². The smallest absolute Gasteiger partial charge is 0.123 e. The van der Waals surface area contributed by atoms with Gasteiger partial charge in [-0.05, 0) is 48.4 Å². The number of rotatable bonds is 1. The van der Waals surface area contributed by atoms with Gasteiger partial charge in [-0.3, -0.25) is 4.90 Å². The molecule has 0 aromatic heterocycles. The highest BCUT2D eigenvalue weighted by Crippen LogP contribution is 2.37. The van der Waals surface area contributed by atoms with E-state index in [0.29, 0.717) is 18.0 Å². The quantitative estimate of drug-likeness (QED) is 0.827. The lowest BCUT2D eigenvalue weighted by Crippen LogP contribution is -2.47. The number of halogens is 1. The van der Waals surface area contributed by atoms with Gasteiger partial charge in [0, 0.05) is 25.2 Å². The molecule has 2 N–H and O–H groups in total. The van der Waals surface area contributed by atoms with Crippen LogP contribution in [0, 0.1) is 11.7 Å². The number of hydrogen-bond donors (Lipinski definition) is 1. The lowest BCUT2D eigenvalue weighted by Gasteiger charge is -2.39. The lowest BCUT2D eigenvalue weighted by atomic mass is 9.94. The van der Waals surface area contributed by atoms with Crippen molar-refractivity contribution >= 4 is 0 Å². The molecular weight excluding hydrogens is 227 g/mol. The van der Waals surface area contributed by atoms with Gasteiger partial charge in [0.1, 0.15) is 5.82 Å². The molecule has 3 unspecified atom stereocenters. The lowest BCUT2D eigenvalue weighted by molar-refractivity contribution is 0.115. The molecular formula is C15H21FN2. The van der Waals surface area contributed by atoms with Gasteiger partial charge in [0.15, 0.2) is 0 Å². The molecule has 0 amide bonds. The van der Waals surface area contributed by atoms with E-state index in [1.54, 1.807) is 12.1 Å². The second-order valence-corrected chi connectivity index (χ2v) is 5.95. The van der Waals surface area contributed by atoms with Gasteiger partial charge in [-0.25, -0.2) is 4.39 Å². The number of nitrogens with two attached hydrogens (primary N) is 1. The Labute approximate surface area is 108 Å². The van der Waals surface area contributed by atoms with Gasteiger partial charge in [-0.15, -0.1) is 0 Å². The van der Waals surface area contributed by atoms with Crippen LogP contribution in [0.1, 0.15) is 36.9 Å². The number of likely N-dealkylation sites (tertiary alicyclic amines) is 1. The Morgan fingerprint density at radius 3 is 2.94 bits per heavy atom. The molecule has 2 nitrogen and oxygen atoms in total. The molecule has 18 heavy (non-hydrogen) atoms. The Morgan fingerprint density at radius 1 is 1.33 bits per heavy atom. The van der Waals surface area contributed by atoms with Crippen molar-refractivity contribution in [3.8, 4) is 0 Å². The monoisotopic (exact) mass is 248 g/mol. The summed E-state index contributed by atoms with van der Waals surface area (Å²) in [4.78, 5) is 2.50. The van der Waals surface area contributed by atoms with Crippen LogP contribution < -0.4 is 5.73 Å². The van der Waals surface area contributed by atoms with Crippen LogP contribution >= 0.6 is 0 Å². The van der Waals surface area contributed by atoms with Crippen LogP contribution in [-0.4, -0.2) is 24.0 Å². The summed E-state index contributed by atoms with van der Waals surface area (Å²) in [5, 5.41) is 0. The summed E-state index contributed by atoms with van der Waals surface area (Å²) in [6, 6.07) is 5.99. The zero-order valence-electron chi connectivity index (χ0n) is 10.9. The first kappa shape index (κ1) is 12.1. The van der Waals surface area contributed by atoms with Crippen LogP contribution in [0.2, 0.25) is 0 Å². The molecule has 1 aliphatic heterocycles. The third-order valence-electron chi connectivity index (χ3n) is 4.31. The molecule has 1 aromatic carbocycles. The van der Waals surface area contributed by atoms with Crippen LogP contribution in [0.25, 0.3) is 0 Å². The third-order valence-corrected chi connectivity index (χ3v) is 4.31. The fourth-order valence-electron chi connectivity index (χ4n) is 3.64. The number of benzene rings is 1. The molecule has 1 fully saturated rings. The van der Waals surface area contributed by atoms with Gasteiger partial charge in [-0.1, -0.05) is 13.0 Å². The predicted octanol–water partition coefficient (Wildman–Crippen LogP) is 2.48. The molecule has 3 atom stereocenters. The van der Waals surface area contributed by atoms with Crippen molar-refractivity contribution in [3.63, 3.8) is 0 Å². The molecule has 0 radical (unpaired) electrons. The second-order valence-electron chi connectivity index (χ2n) is 5.95. The molecule has 1 aliphatic carbocycles. The minimum absolute atomic E-state index is 0.113. The average molecular weight is 248 g/mol. The van der Waals surface area contributed by atoms with E-state index < -0.39 is 0 Å². The van der Waals surface area contributed by atoms with Crippen molar-refractivity contribution in [2.45, 2.75) is 38.3 Å². The fraction of sp³-hybridized carbons (Fsp3) is 0.600. The summed E-state index contributed by atoms with van der Waals surface area (Å²) < 4.78 is 13.2. The molecule has 1 saturated heterocycles. The number of nitrogens with zero attached hydrogens (tertiary/aromatic N) is 1. The minimum atomic E-state index is -0.113. The normalized spacial score (nSPS) is 32.5. The SMILES string of the molecule is CC1CC(N)CN(C2CCc3cc(F)ccc32)C1. The molecule has 1 heterocycles. The zero-order chi connectivity index (χ0) is 12.7. The second kappa shape index (κ2) is 4.63. The summed E-state index contributed by atoms with van der Waals surface area (Å²) >= 11 is 0. The largest absolute Gasteiger partial charge is 0.327 e. The van der Waals surface area contributed by atoms with Crippen molar-refractivity contribution in [3.05, 3.63) is 35.1 Å².